The minimum absolute atomic E-state index is 0. The van der Waals surface area contributed by atoms with Crippen molar-refractivity contribution in [2.75, 3.05) is 0 Å². The molecule has 7 heteroatoms. The molecule has 7 rings (SSSR count). The molecule has 0 saturated heterocycles. The van der Waals surface area contributed by atoms with Crippen molar-refractivity contribution >= 4 is 55.4 Å². The van der Waals surface area contributed by atoms with Gasteiger partial charge < -0.3 is 9.30 Å². The second kappa shape index (κ2) is 8.95. The van der Waals surface area contributed by atoms with Crippen molar-refractivity contribution in [3.63, 3.8) is 0 Å². The molecule has 5 nitrogen and oxygen atoms in total. The van der Waals surface area contributed by atoms with E-state index in [1.54, 1.807) is 11.3 Å². The molecule has 0 amide bonds. The Balaban J connectivity index is 0.00000229. The molecule has 6 aromatic rings. The molecule has 0 bridgehead atoms. The largest absolute Gasteiger partial charge is 2.00 e. The molecule has 0 radical (unpaired) electrons. The first kappa shape index (κ1) is 22.0. The number of benzene rings is 3. The summed E-state index contributed by atoms with van der Waals surface area (Å²) in [4.78, 5) is 5.76. The van der Waals surface area contributed by atoms with E-state index in [0.717, 1.165) is 51.0 Å². The SMILES string of the molecule is [Pt+2].[c-]1c(Oc2[c-]c3c(cc2)c2ccccc2n3C2=CCCC=N2)cccc1-n1ncc2ccsc21. The van der Waals surface area contributed by atoms with Crippen LogP contribution < -0.4 is 4.74 Å². The number of rotatable bonds is 4. The van der Waals surface area contributed by atoms with Gasteiger partial charge in [0.25, 0.3) is 0 Å². The predicted molar refractivity (Wildman–Crippen MR) is 138 cm³/mol. The molecule has 3 aromatic heterocycles. The number of fused-ring (bicyclic) bond motifs is 4. The quantitative estimate of drug-likeness (QED) is 0.188. The van der Waals surface area contributed by atoms with Crippen LogP contribution in [0.15, 0.2) is 83.3 Å². The topological polar surface area (TPSA) is 44.3 Å². The normalized spacial score (nSPS) is 13.3. The van der Waals surface area contributed by atoms with E-state index >= 15 is 0 Å². The zero-order chi connectivity index (χ0) is 22.5. The molecule has 0 atom stereocenters. The second-order valence-electron chi connectivity index (χ2n) is 8.13. The van der Waals surface area contributed by atoms with Gasteiger partial charge in [0.05, 0.1) is 6.20 Å². The van der Waals surface area contributed by atoms with E-state index in [2.05, 4.69) is 74.6 Å². The summed E-state index contributed by atoms with van der Waals surface area (Å²) < 4.78 is 10.3. The molecule has 0 fully saturated rings. The third kappa shape index (κ3) is 3.74. The number of para-hydroxylation sites is 1. The fourth-order valence-electron chi connectivity index (χ4n) is 4.48. The fourth-order valence-corrected chi connectivity index (χ4v) is 5.33. The summed E-state index contributed by atoms with van der Waals surface area (Å²) in [6, 6.07) is 27.2. The first-order valence-electron chi connectivity index (χ1n) is 11.2. The molecule has 0 aliphatic carbocycles. The Bertz CT molecular complexity index is 1760. The van der Waals surface area contributed by atoms with Crippen molar-refractivity contribution < 1.29 is 25.8 Å². The van der Waals surface area contributed by atoms with E-state index in [1.165, 1.54) is 5.39 Å². The third-order valence-electron chi connectivity index (χ3n) is 6.01. The first-order valence-corrected chi connectivity index (χ1v) is 12.0. The van der Waals surface area contributed by atoms with Gasteiger partial charge in [-0.2, -0.15) is 17.2 Å². The van der Waals surface area contributed by atoms with Gasteiger partial charge in [0.1, 0.15) is 10.7 Å². The second-order valence-corrected chi connectivity index (χ2v) is 9.02. The van der Waals surface area contributed by atoms with Crippen LogP contribution in [0.4, 0.5) is 0 Å². The zero-order valence-electron chi connectivity index (χ0n) is 18.4. The molecular formula is C28H18N4OPtS. The van der Waals surface area contributed by atoms with Gasteiger partial charge in [0.15, 0.2) is 0 Å². The van der Waals surface area contributed by atoms with Gasteiger partial charge in [-0.15, -0.1) is 47.1 Å². The summed E-state index contributed by atoms with van der Waals surface area (Å²) in [6.45, 7) is 0. The van der Waals surface area contributed by atoms with Gasteiger partial charge in [-0.05, 0) is 47.5 Å². The van der Waals surface area contributed by atoms with Crippen molar-refractivity contribution in [2.24, 2.45) is 4.99 Å². The van der Waals surface area contributed by atoms with Gasteiger partial charge in [-0.3, -0.25) is 0 Å². The summed E-state index contributed by atoms with van der Waals surface area (Å²) in [5, 5.41) is 10.0. The minimum Gasteiger partial charge on any atom is -0.509 e. The van der Waals surface area contributed by atoms with Crippen LogP contribution in [-0.2, 0) is 21.1 Å². The van der Waals surface area contributed by atoms with Crippen LogP contribution in [0.25, 0.3) is 43.5 Å². The smallest absolute Gasteiger partial charge is 0.509 e. The number of ether oxygens (including phenoxy) is 1. The molecule has 35 heavy (non-hydrogen) atoms. The standard InChI is InChI=1S/C28H18N4OS.Pt/c1-2-9-25-23(8-1)24-12-11-22(17-26(24)31(25)27-10-3-4-14-29-27)33-21-7-5-6-20(16-21)32-28-19(18-30-32)13-15-34-28;/h1-2,5-15,18H,3-4H2;/q-2;+2. The average Bonchev–Trinajstić information content (AvgIpc) is 3.58. The van der Waals surface area contributed by atoms with E-state index in [9.17, 15) is 0 Å². The minimum atomic E-state index is 0. The maximum atomic E-state index is 6.24. The molecule has 1 aliphatic heterocycles. The maximum Gasteiger partial charge on any atom is 2.00 e. The Morgan fingerprint density at radius 1 is 0.886 bits per heavy atom. The van der Waals surface area contributed by atoms with Crippen LogP contribution in [0.5, 0.6) is 11.5 Å². The summed E-state index contributed by atoms with van der Waals surface area (Å²) in [7, 11) is 0. The summed E-state index contributed by atoms with van der Waals surface area (Å²) >= 11 is 1.66. The summed E-state index contributed by atoms with van der Waals surface area (Å²) in [6.07, 6.45) is 7.99. The van der Waals surface area contributed by atoms with Crippen molar-refractivity contribution in [3.05, 3.63) is 90.4 Å². The van der Waals surface area contributed by atoms with Gasteiger partial charge in [0, 0.05) is 28.6 Å². The Morgan fingerprint density at radius 3 is 2.71 bits per heavy atom. The van der Waals surface area contributed by atoms with Crippen molar-refractivity contribution in [1.29, 1.82) is 0 Å². The summed E-state index contributed by atoms with van der Waals surface area (Å²) in [5.41, 5.74) is 2.91. The molecular weight excluding hydrogens is 635 g/mol. The number of hydrogen-bond donors (Lipinski definition) is 0. The molecule has 0 saturated carbocycles. The van der Waals surface area contributed by atoms with Crippen LogP contribution in [0.1, 0.15) is 12.8 Å². The van der Waals surface area contributed by atoms with Crippen molar-refractivity contribution in [2.45, 2.75) is 12.8 Å². The van der Waals surface area contributed by atoms with E-state index in [0.29, 0.717) is 11.5 Å². The van der Waals surface area contributed by atoms with Gasteiger partial charge in [-0.1, -0.05) is 23.7 Å². The third-order valence-corrected chi connectivity index (χ3v) is 6.92. The van der Waals surface area contributed by atoms with Crippen LogP contribution in [0.3, 0.4) is 0 Å². The number of hydrogen-bond acceptors (Lipinski definition) is 4. The van der Waals surface area contributed by atoms with Crippen molar-refractivity contribution in [1.82, 2.24) is 14.3 Å². The molecule has 3 aromatic carbocycles. The number of aliphatic imine (C=N–C) groups is 1. The molecule has 0 N–H and O–H groups in total. The molecule has 0 unspecified atom stereocenters. The van der Waals surface area contributed by atoms with Crippen LogP contribution in [-0.4, -0.2) is 20.6 Å². The Kier molecular flexibility index (Phi) is 5.63. The Labute approximate surface area is 220 Å². The maximum absolute atomic E-state index is 6.24. The van der Waals surface area contributed by atoms with Crippen LogP contribution >= 0.6 is 11.3 Å². The Morgan fingerprint density at radius 2 is 1.80 bits per heavy atom. The number of nitrogens with zero attached hydrogens (tertiary/aromatic N) is 4. The van der Waals surface area contributed by atoms with Crippen molar-refractivity contribution in [3.8, 4) is 17.2 Å². The number of aromatic nitrogens is 3. The van der Waals surface area contributed by atoms with Crippen LogP contribution in [0, 0.1) is 12.1 Å². The fraction of sp³-hybridized carbons (Fsp3) is 0.0714. The van der Waals surface area contributed by atoms with E-state index in [4.69, 9.17) is 4.74 Å². The van der Waals surface area contributed by atoms with E-state index in [-0.39, 0.29) is 21.1 Å². The Hall–Kier alpha value is -3.47. The van der Waals surface area contributed by atoms with Gasteiger partial charge in [-0.25, -0.2) is 9.67 Å². The molecule has 0 spiro atoms. The predicted octanol–water partition coefficient (Wildman–Crippen LogP) is 7.25. The van der Waals surface area contributed by atoms with E-state index < -0.39 is 0 Å². The van der Waals surface area contributed by atoms with Gasteiger partial charge >= 0.3 is 21.1 Å². The summed E-state index contributed by atoms with van der Waals surface area (Å²) in [5.74, 6) is 2.18. The van der Waals surface area contributed by atoms with Gasteiger partial charge in [0.2, 0.25) is 0 Å². The number of allylic oxidation sites excluding steroid dienone is 1. The first-order chi connectivity index (χ1) is 16.8. The number of thiophene rings is 1. The molecule has 1 aliphatic rings. The zero-order valence-corrected chi connectivity index (χ0v) is 21.5. The molecule has 172 valence electrons. The van der Waals surface area contributed by atoms with Crippen LogP contribution in [0.2, 0.25) is 0 Å². The molecule has 4 heterocycles. The monoisotopic (exact) mass is 653 g/mol. The van der Waals surface area contributed by atoms with E-state index in [1.807, 2.05) is 41.4 Å². The average molecular weight is 654 g/mol.